The van der Waals surface area contributed by atoms with E-state index >= 15 is 0 Å². The van der Waals surface area contributed by atoms with Crippen molar-refractivity contribution in [3.05, 3.63) is 46.8 Å². The molecule has 23 heavy (non-hydrogen) atoms. The fourth-order valence-electron chi connectivity index (χ4n) is 2.81. The average Bonchev–Trinajstić information content (AvgIpc) is 2.88. The second-order valence-corrected chi connectivity index (χ2v) is 5.25. The topological polar surface area (TPSA) is 88.1 Å². The summed E-state index contributed by atoms with van der Waals surface area (Å²) in [7, 11) is 0. The van der Waals surface area contributed by atoms with E-state index in [1.54, 1.807) is 12.1 Å². The summed E-state index contributed by atoms with van der Waals surface area (Å²) >= 11 is 0. The first-order chi connectivity index (χ1) is 10.8. The summed E-state index contributed by atoms with van der Waals surface area (Å²) in [5, 5.41) is 6.33. The fraction of sp³-hybridized carbons (Fsp3) is 0.286. The van der Waals surface area contributed by atoms with Crippen LogP contribution in [0.4, 0.5) is 13.2 Å². The largest absolute Gasteiger partial charge is 0.406 e. The number of hydrogen-bond donors (Lipinski definition) is 1. The molecule has 2 heterocycles. The van der Waals surface area contributed by atoms with Gasteiger partial charge in [0.25, 0.3) is 5.91 Å². The lowest BCUT2D eigenvalue weighted by Crippen LogP contribution is -2.38. The number of halogens is 3. The van der Waals surface area contributed by atoms with E-state index in [1.807, 2.05) is 0 Å². The van der Waals surface area contributed by atoms with E-state index in [-0.39, 0.29) is 24.4 Å². The van der Waals surface area contributed by atoms with Gasteiger partial charge in [-0.2, -0.15) is 18.3 Å². The van der Waals surface area contributed by atoms with E-state index in [2.05, 4.69) is 10.2 Å². The second-order valence-electron chi connectivity index (χ2n) is 5.25. The molecule has 2 aliphatic heterocycles. The molecule has 2 amide bonds. The number of carbonyl (C=O) groups is 2. The number of rotatable bonds is 2. The maximum Gasteiger partial charge on any atom is 0.406 e. The molecule has 0 fully saturated rings. The van der Waals surface area contributed by atoms with Crippen LogP contribution < -0.4 is 5.73 Å². The van der Waals surface area contributed by atoms with Gasteiger partial charge in [0.05, 0.1) is 11.9 Å². The van der Waals surface area contributed by atoms with E-state index in [4.69, 9.17) is 5.73 Å². The van der Waals surface area contributed by atoms with Gasteiger partial charge >= 0.3 is 6.18 Å². The molecular weight excluding hydrogens is 313 g/mol. The van der Waals surface area contributed by atoms with Gasteiger partial charge in [-0.15, -0.1) is 5.11 Å². The fourth-order valence-corrected chi connectivity index (χ4v) is 2.81. The monoisotopic (exact) mass is 324 g/mol. The van der Waals surface area contributed by atoms with E-state index < -0.39 is 23.9 Å². The van der Waals surface area contributed by atoms with Crippen LogP contribution in [-0.2, 0) is 17.9 Å². The summed E-state index contributed by atoms with van der Waals surface area (Å²) in [6.45, 7) is 0.188. The van der Waals surface area contributed by atoms with Crippen LogP contribution in [0.2, 0.25) is 0 Å². The van der Waals surface area contributed by atoms with Crippen LogP contribution in [0, 0.1) is 5.92 Å². The molecule has 2 N–H and O–H groups in total. The van der Waals surface area contributed by atoms with Crippen LogP contribution in [0.3, 0.4) is 0 Å². The van der Waals surface area contributed by atoms with Gasteiger partial charge in [-0.3, -0.25) is 9.59 Å². The number of alkyl halides is 3. The van der Waals surface area contributed by atoms with Gasteiger partial charge in [-0.1, -0.05) is 12.1 Å². The molecule has 3 rings (SSSR count). The predicted octanol–water partition coefficient (Wildman–Crippen LogP) is 2.11. The van der Waals surface area contributed by atoms with E-state index in [0.717, 1.165) is 6.20 Å². The number of amides is 2. The lowest BCUT2D eigenvalue weighted by atomic mass is 10.0. The first kappa shape index (κ1) is 15.2. The van der Waals surface area contributed by atoms with Crippen molar-refractivity contribution in [3.63, 3.8) is 0 Å². The van der Waals surface area contributed by atoms with Gasteiger partial charge in [-0.25, -0.2) is 0 Å². The standard InChI is InChI=1S/C14H11F3N4O2/c15-14(16,17)11-10(4-19-20-13(11)23)21-5-7-2-1-3-8(12(18)22)9(7)6-21/h1-4,11H,5-6H2,(H2,18,22). The van der Waals surface area contributed by atoms with E-state index in [0.29, 0.717) is 11.1 Å². The molecule has 0 spiro atoms. The van der Waals surface area contributed by atoms with Gasteiger partial charge in [0, 0.05) is 18.7 Å². The molecule has 1 aromatic rings. The summed E-state index contributed by atoms with van der Waals surface area (Å²) in [6, 6.07) is 4.84. The Balaban J connectivity index is 1.96. The number of azo groups is 1. The summed E-state index contributed by atoms with van der Waals surface area (Å²) in [5.41, 5.74) is 6.54. The maximum absolute atomic E-state index is 13.2. The van der Waals surface area contributed by atoms with Gasteiger partial charge in [0.1, 0.15) is 0 Å². The quantitative estimate of drug-likeness (QED) is 0.903. The molecule has 0 saturated carbocycles. The molecule has 120 valence electrons. The Morgan fingerprint density at radius 2 is 2.04 bits per heavy atom. The minimum absolute atomic E-state index is 0.0512. The third-order valence-electron chi connectivity index (χ3n) is 3.83. The van der Waals surface area contributed by atoms with Crippen molar-refractivity contribution >= 4 is 11.8 Å². The Bertz CT molecular complexity index is 755. The Kier molecular flexibility index (Phi) is 3.42. The maximum atomic E-state index is 13.2. The number of nitrogens with two attached hydrogens (primary N) is 1. The molecule has 0 radical (unpaired) electrons. The van der Waals surface area contributed by atoms with Crippen LogP contribution in [0.5, 0.6) is 0 Å². The Morgan fingerprint density at radius 3 is 2.70 bits per heavy atom. The lowest BCUT2D eigenvalue weighted by molar-refractivity contribution is -0.177. The second kappa shape index (κ2) is 5.18. The zero-order valence-corrected chi connectivity index (χ0v) is 11.7. The highest BCUT2D eigenvalue weighted by molar-refractivity contribution is 5.94. The molecule has 1 aromatic carbocycles. The highest BCUT2D eigenvalue weighted by Gasteiger charge is 2.50. The average molecular weight is 324 g/mol. The molecule has 2 aliphatic rings. The minimum Gasteiger partial charge on any atom is -0.366 e. The predicted molar refractivity (Wildman–Crippen MR) is 71.7 cm³/mol. The number of carbonyl (C=O) groups excluding carboxylic acids is 2. The number of nitrogens with zero attached hydrogens (tertiary/aromatic N) is 3. The molecule has 0 aromatic heterocycles. The van der Waals surface area contributed by atoms with Crippen LogP contribution in [0.25, 0.3) is 0 Å². The van der Waals surface area contributed by atoms with Crippen molar-refractivity contribution in [2.75, 3.05) is 0 Å². The van der Waals surface area contributed by atoms with E-state index in [1.165, 1.54) is 11.0 Å². The highest BCUT2D eigenvalue weighted by Crippen LogP contribution is 2.40. The molecule has 1 atom stereocenters. The molecular formula is C14H11F3N4O2. The van der Waals surface area contributed by atoms with Crippen molar-refractivity contribution in [3.8, 4) is 0 Å². The lowest BCUT2D eigenvalue weighted by Gasteiger charge is -2.28. The molecule has 0 saturated heterocycles. The normalized spacial score (nSPS) is 20.5. The van der Waals surface area contributed by atoms with Crippen molar-refractivity contribution in [2.45, 2.75) is 19.3 Å². The summed E-state index contributed by atoms with van der Waals surface area (Å²) < 4.78 is 39.5. The molecule has 0 bridgehead atoms. The number of fused-ring (bicyclic) bond motifs is 1. The van der Waals surface area contributed by atoms with Crippen LogP contribution >= 0.6 is 0 Å². The third-order valence-corrected chi connectivity index (χ3v) is 3.83. The van der Waals surface area contributed by atoms with Crippen LogP contribution in [0.1, 0.15) is 21.5 Å². The highest BCUT2D eigenvalue weighted by atomic mass is 19.4. The van der Waals surface area contributed by atoms with Crippen molar-refractivity contribution < 1.29 is 22.8 Å². The van der Waals surface area contributed by atoms with Crippen molar-refractivity contribution in [1.82, 2.24) is 4.90 Å². The number of benzene rings is 1. The minimum atomic E-state index is -4.76. The SMILES string of the molecule is NC(=O)c1cccc2c1CN(C1=CN=NC(=O)C1C(F)(F)F)C2. The summed E-state index contributed by atoms with van der Waals surface area (Å²) in [6.07, 6.45) is -3.82. The zero-order valence-electron chi connectivity index (χ0n) is 11.7. The smallest absolute Gasteiger partial charge is 0.366 e. The van der Waals surface area contributed by atoms with Crippen LogP contribution in [-0.4, -0.2) is 22.9 Å². The summed E-state index contributed by atoms with van der Waals surface area (Å²) in [5.74, 6) is -4.34. The van der Waals surface area contributed by atoms with Gasteiger partial charge in [0.15, 0.2) is 5.92 Å². The zero-order chi connectivity index (χ0) is 16.8. The molecule has 0 aliphatic carbocycles. The van der Waals surface area contributed by atoms with Gasteiger partial charge in [-0.05, 0) is 17.2 Å². The Morgan fingerprint density at radius 1 is 1.30 bits per heavy atom. The summed E-state index contributed by atoms with van der Waals surface area (Å²) in [4.78, 5) is 24.3. The Hall–Kier alpha value is -2.71. The third kappa shape index (κ3) is 2.58. The Labute approximate surface area is 128 Å². The van der Waals surface area contributed by atoms with Crippen LogP contribution in [0.15, 0.2) is 40.3 Å². The number of primary amides is 1. The first-order valence-corrected chi connectivity index (χ1v) is 6.66. The van der Waals surface area contributed by atoms with E-state index in [9.17, 15) is 22.8 Å². The van der Waals surface area contributed by atoms with Crippen molar-refractivity contribution in [2.24, 2.45) is 21.9 Å². The molecule has 1 unspecified atom stereocenters. The van der Waals surface area contributed by atoms with Gasteiger partial charge < -0.3 is 10.6 Å². The van der Waals surface area contributed by atoms with Gasteiger partial charge in [0.2, 0.25) is 5.91 Å². The number of hydrogen-bond acceptors (Lipinski definition) is 4. The molecule has 9 heteroatoms. The van der Waals surface area contributed by atoms with Crippen molar-refractivity contribution in [1.29, 1.82) is 0 Å². The molecule has 6 nitrogen and oxygen atoms in total. The first-order valence-electron chi connectivity index (χ1n) is 6.66.